The molecule has 3 aromatic carbocycles. The number of carboxylic acid groups (broad SMARTS) is 1. The summed E-state index contributed by atoms with van der Waals surface area (Å²) < 4.78 is 49.4. The summed E-state index contributed by atoms with van der Waals surface area (Å²) in [7, 11) is 0. The fourth-order valence-electron chi connectivity index (χ4n) is 2.81. The molecular formula is C24H18ClF3O4. The van der Waals surface area contributed by atoms with Crippen LogP contribution in [-0.4, -0.2) is 17.7 Å². The molecule has 0 saturated carbocycles. The molecule has 0 amide bonds. The first kappa shape index (κ1) is 23.2. The van der Waals surface area contributed by atoms with Crippen molar-refractivity contribution < 1.29 is 32.5 Å². The summed E-state index contributed by atoms with van der Waals surface area (Å²) in [6.45, 7) is 0.137. The Labute approximate surface area is 187 Å². The Balaban J connectivity index is 1.66. The summed E-state index contributed by atoms with van der Waals surface area (Å²) in [5.41, 5.74) is 0.477. The van der Waals surface area contributed by atoms with Gasteiger partial charge in [0.2, 0.25) is 0 Å². The topological polar surface area (TPSA) is 55.8 Å². The van der Waals surface area contributed by atoms with Gasteiger partial charge >= 0.3 is 12.1 Å². The summed E-state index contributed by atoms with van der Waals surface area (Å²) in [5.74, 6) is 0.216. The molecule has 4 nitrogen and oxygen atoms in total. The van der Waals surface area contributed by atoms with Gasteiger partial charge in [0, 0.05) is 11.1 Å². The van der Waals surface area contributed by atoms with Crippen LogP contribution in [0.5, 0.6) is 17.2 Å². The third-order valence-corrected chi connectivity index (χ3v) is 4.51. The molecule has 0 radical (unpaired) electrons. The van der Waals surface area contributed by atoms with Crippen LogP contribution in [0.15, 0.2) is 72.8 Å². The number of aliphatic carboxylic acids is 1. The summed E-state index contributed by atoms with van der Waals surface area (Å²) in [6.07, 6.45) is -1.20. The van der Waals surface area contributed by atoms with E-state index in [1.54, 1.807) is 54.6 Å². The van der Waals surface area contributed by atoms with Gasteiger partial charge in [0.1, 0.15) is 12.4 Å². The molecule has 8 heteroatoms. The smallest absolute Gasteiger partial charge is 0.416 e. The van der Waals surface area contributed by atoms with Gasteiger partial charge in [0.25, 0.3) is 0 Å². The number of halogens is 4. The van der Waals surface area contributed by atoms with E-state index in [1.807, 2.05) is 0 Å². The second kappa shape index (κ2) is 10.2. The minimum absolute atomic E-state index is 0.134. The fraction of sp³-hybridized carbons (Fsp3) is 0.125. The Hall–Kier alpha value is -3.45. The Kier molecular flexibility index (Phi) is 7.43. The van der Waals surface area contributed by atoms with E-state index in [9.17, 15) is 18.0 Å². The highest BCUT2D eigenvalue weighted by atomic mass is 35.5. The van der Waals surface area contributed by atoms with Gasteiger partial charge in [0.05, 0.1) is 12.0 Å². The van der Waals surface area contributed by atoms with Crippen LogP contribution in [0.25, 0.3) is 6.08 Å². The molecule has 3 aromatic rings. The minimum atomic E-state index is -4.37. The maximum atomic E-state index is 12.6. The summed E-state index contributed by atoms with van der Waals surface area (Å²) in [6, 6.07) is 16.3. The average molecular weight is 463 g/mol. The highest BCUT2D eigenvalue weighted by Crippen LogP contribution is 2.34. The molecule has 1 N–H and O–H groups in total. The van der Waals surface area contributed by atoms with Crippen molar-refractivity contribution in [2.24, 2.45) is 0 Å². The highest BCUT2D eigenvalue weighted by Gasteiger charge is 2.29. The maximum absolute atomic E-state index is 12.6. The second-order valence-electron chi connectivity index (χ2n) is 6.74. The number of hydrogen-bond acceptors (Lipinski definition) is 3. The van der Waals surface area contributed by atoms with E-state index in [4.69, 9.17) is 26.2 Å². The standard InChI is InChI=1S/C24H18ClF3O4/c25-19-10-11-21(22(15-19)32-20-5-1-3-17(13-20)14-23(29)30)31-12-2-4-16-6-8-18(9-7-16)24(26,27)28/h1-11,13,15H,12,14H2,(H,29,30)/b4-2+. The largest absolute Gasteiger partial charge is 0.486 e. The molecule has 0 aliphatic heterocycles. The lowest BCUT2D eigenvalue weighted by atomic mass is 10.1. The van der Waals surface area contributed by atoms with Crippen LogP contribution in [0.4, 0.5) is 13.2 Å². The summed E-state index contributed by atoms with van der Waals surface area (Å²) in [5, 5.41) is 9.37. The lowest BCUT2D eigenvalue weighted by Crippen LogP contribution is -2.04. The van der Waals surface area contributed by atoms with Gasteiger partial charge in [-0.2, -0.15) is 13.2 Å². The van der Waals surface area contributed by atoms with Crippen molar-refractivity contribution in [3.05, 3.63) is 94.5 Å². The summed E-state index contributed by atoms with van der Waals surface area (Å²) >= 11 is 6.06. The normalized spacial score (nSPS) is 11.5. The molecule has 166 valence electrons. The molecule has 3 rings (SSSR count). The minimum Gasteiger partial charge on any atom is -0.486 e. The van der Waals surface area contributed by atoms with Crippen molar-refractivity contribution in [2.75, 3.05) is 6.61 Å². The third kappa shape index (κ3) is 6.78. The van der Waals surface area contributed by atoms with Gasteiger partial charge in [-0.05, 0) is 53.6 Å². The lowest BCUT2D eigenvalue weighted by molar-refractivity contribution is -0.138. The van der Waals surface area contributed by atoms with Crippen molar-refractivity contribution in [1.82, 2.24) is 0 Å². The monoisotopic (exact) mass is 462 g/mol. The number of hydrogen-bond donors (Lipinski definition) is 1. The number of benzene rings is 3. The van der Waals surface area contributed by atoms with Crippen LogP contribution in [-0.2, 0) is 17.4 Å². The van der Waals surface area contributed by atoms with Gasteiger partial charge in [-0.3, -0.25) is 4.79 Å². The Morgan fingerprint density at radius 1 is 1.00 bits per heavy atom. The third-order valence-electron chi connectivity index (χ3n) is 4.27. The summed E-state index contributed by atoms with van der Waals surface area (Å²) in [4.78, 5) is 10.9. The molecule has 32 heavy (non-hydrogen) atoms. The van der Waals surface area contributed by atoms with Crippen LogP contribution in [0.2, 0.25) is 5.02 Å². The van der Waals surface area contributed by atoms with Crippen LogP contribution in [0.1, 0.15) is 16.7 Å². The Morgan fingerprint density at radius 3 is 2.44 bits per heavy atom. The van der Waals surface area contributed by atoms with E-state index < -0.39 is 17.7 Å². The van der Waals surface area contributed by atoms with Gasteiger partial charge in [-0.1, -0.05) is 41.9 Å². The quantitative estimate of drug-likeness (QED) is 0.397. The van der Waals surface area contributed by atoms with Crippen LogP contribution in [0, 0.1) is 0 Å². The number of carbonyl (C=O) groups is 1. The predicted molar refractivity (Wildman–Crippen MR) is 115 cm³/mol. The number of carboxylic acids is 1. The fourth-order valence-corrected chi connectivity index (χ4v) is 2.97. The van der Waals surface area contributed by atoms with E-state index in [2.05, 4.69) is 0 Å². The van der Waals surface area contributed by atoms with Gasteiger partial charge in [0.15, 0.2) is 11.5 Å². The molecule has 0 heterocycles. The Bertz CT molecular complexity index is 1110. The number of ether oxygens (including phenoxy) is 2. The number of rotatable bonds is 8. The van der Waals surface area contributed by atoms with Crippen molar-refractivity contribution in [2.45, 2.75) is 12.6 Å². The first-order valence-electron chi connectivity index (χ1n) is 9.45. The first-order valence-corrected chi connectivity index (χ1v) is 9.83. The predicted octanol–water partition coefficient (Wildman–Crippen LogP) is 6.87. The molecule has 0 atom stereocenters. The average Bonchev–Trinajstić information content (AvgIpc) is 2.72. The lowest BCUT2D eigenvalue weighted by Gasteiger charge is -2.12. The van der Waals surface area contributed by atoms with Gasteiger partial charge in [-0.25, -0.2) is 0 Å². The molecule has 0 aliphatic rings. The van der Waals surface area contributed by atoms with E-state index in [-0.39, 0.29) is 13.0 Å². The number of alkyl halides is 3. The van der Waals surface area contributed by atoms with Crippen molar-refractivity contribution in [3.63, 3.8) is 0 Å². The second-order valence-corrected chi connectivity index (χ2v) is 7.18. The maximum Gasteiger partial charge on any atom is 0.416 e. The molecule has 0 unspecified atom stereocenters. The zero-order chi connectivity index (χ0) is 23.1. The molecule has 0 spiro atoms. The first-order chi connectivity index (χ1) is 15.2. The Morgan fingerprint density at radius 2 is 1.75 bits per heavy atom. The molecule has 0 saturated heterocycles. The SMILES string of the molecule is O=C(O)Cc1cccc(Oc2cc(Cl)ccc2OC/C=C/c2ccc(C(F)(F)F)cc2)c1. The molecule has 0 aromatic heterocycles. The van der Waals surface area contributed by atoms with Crippen molar-refractivity contribution >= 4 is 23.6 Å². The van der Waals surface area contributed by atoms with E-state index >= 15 is 0 Å². The zero-order valence-electron chi connectivity index (χ0n) is 16.6. The van der Waals surface area contributed by atoms with Crippen molar-refractivity contribution in [3.8, 4) is 17.2 Å². The van der Waals surface area contributed by atoms with E-state index in [0.717, 1.165) is 12.1 Å². The highest BCUT2D eigenvalue weighted by molar-refractivity contribution is 6.30. The van der Waals surface area contributed by atoms with Crippen LogP contribution < -0.4 is 9.47 Å². The van der Waals surface area contributed by atoms with Crippen LogP contribution >= 0.6 is 11.6 Å². The zero-order valence-corrected chi connectivity index (χ0v) is 17.4. The van der Waals surface area contributed by atoms with Crippen LogP contribution in [0.3, 0.4) is 0 Å². The van der Waals surface area contributed by atoms with Crippen molar-refractivity contribution in [1.29, 1.82) is 0 Å². The van der Waals surface area contributed by atoms with E-state index in [1.165, 1.54) is 12.1 Å². The van der Waals surface area contributed by atoms with Gasteiger partial charge < -0.3 is 14.6 Å². The molecular weight excluding hydrogens is 445 g/mol. The van der Waals surface area contributed by atoms with Gasteiger partial charge in [-0.15, -0.1) is 0 Å². The molecule has 0 aliphatic carbocycles. The molecule has 0 fully saturated rings. The molecule has 0 bridgehead atoms. The van der Waals surface area contributed by atoms with E-state index in [0.29, 0.717) is 33.4 Å².